The van der Waals surface area contributed by atoms with E-state index in [2.05, 4.69) is 11.8 Å². The summed E-state index contributed by atoms with van der Waals surface area (Å²) >= 11 is 0. The molecule has 0 radical (unpaired) electrons. The van der Waals surface area contributed by atoms with Crippen molar-refractivity contribution in [2.45, 2.75) is 50.7 Å². The normalized spacial score (nSPS) is 27.9. The Morgan fingerprint density at radius 3 is 2.19 bits per heavy atom. The second-order valence-corrected chi connectivity index (χ2v) is 6.68. The van der Waals surface area contributed by atoms with E-state index < -0.39 is 17.7 Å². The average molecular weight is 297 g/mol. The van der Waals surface area contributed by atoms with Gasteiger partial charge in [0, 0.05) is 18.0 Å². The zero-order valence-corrected chi connectivity index (χ0v) is 13.1. The fourth-order valence-corrected chi connectivity index (χ4v) is 3.48. The van der Waals surface area contributed by atoms with E-state index in [0.29, 0.717) is 11.5 Å². The van der Waals surface area contributed by atoms with Gasteiger partial charge in [0.2, 0.25) is 0 Å². The van der Waals surface area contributed by atoms with Crippen LogP contribution >= 0.6 is 0 Å². The molecule has 1 aromatic carbocycles. The maximum Gasteiger partial charge on any atom is 0.126 e. The van der Waals surface area contributed by atoms with Gasteiger partial charge in [-0.2, -0.15) is 0 Å². The maximum absolute atomic E-state index is 13.3. The fourth-order valence-electron chi connectivity index (χ4n) is 3.48. The van der Waals surface area contributed by atoms with Gasteiger partial charge in [0.15, 0.2) is 0 Å². The topological polar surface area (TPSA) is 23.5 Å². The van der Waals surface area contributed by atoms with Crippen molar-refractivity contribution < 1.29 is 13.9 Å². The van der Waals surface area contributed by atoms with Crippen molar-refractivity contribution in [2.24, 2.45) is 5.92 Å². The molecule has 4 heteroatoms. The molecule has 1 aliphatic rings. The third-order valence-corrected chi connectivity index (χ3v) is 5.00. The molecule has 1 aliphatic carbocycles. The molecule has 1 N–H and O–H groups in total. The molecular formula is C17H25F2NO. The van der Waals surface area contributed by atoms with Gasteiger partial charge in [0.05, 0.1) is 6.10 Å². The molecule has 2 nitrogen and oxygen atoms in total. The van der Waals surface area contributed by atoms with Crippen LogP contribution in [-0.4, -0.2) is 35.7 Å². The summed E-state index contributed by atoms with van der Waals surface area (Å²) in [4.78, 5) is 2.08. The van der Waals surface area contributed by atoms with Crippen LogP contribution in [0.2, 0.25) is 0 Å². The minimum atomic E-state index is -0.624. The molecule has 0 saturated heterocycles. The number of rotatable bonds is 4. The van der Waals surface area contributed by atoms with E-state index in [4.69, 9.17) is 0 Å². The number of nitrogens with zero attached hydrogens (tertiary/aromatic N) is 1. The first-order valence-corrected chi connectivity index (χ1v) is 7.64. The van der Waals surface area contributed by atoms with Gasteiger partial charge in [-0.1, -0.05) is 6.92 Å². The van der Waals surface area contributed by atoms with Crippen molar-refractivity contribution in [2.75, 3.05) is 14.1 Å². The summed E-state index contributed by atoms with van der Waals surface area (Å²) in [5.74, 6) is -0.501. The Morgan fingerprint density at radius 2 is 1.71 bits per heavy atom. The molecule has 0 amide bonds. The Balaban J connectivity index is 2.17. The van der Waals surface area contributed by atoms with Gasteiger partial charge in [0.1, 0.15) is 11.6 Å². The van der Waals surface area contributed by atoms with Crippen molar-refractivity contribution in [1.82, 2.24) is 4.90 Å². The van der Waals surface area contributed by atoms with E-state index in [-0.39, 0.29) is 12.0 Å². The largest absolute Gasteiger partial charge is 0.391 e. The molecule has 0 bridgehead atoms. The Bertz CT molecular complexity index is 461. The minimum absolute atomic E-state index is 0.279. The number of hydrogen-bond donors (Lipinski definition) is 1. The quantitative estimate of drug-likeness (QED) is 0.921. The van der Waals surface area contributed by atoms with Crippen molar-refractivity contribution >= 4 is 0 Å². The first-order chi connectivity index (χ1) is 9.83. The molecule has 0 aliphatic heterocycles. The number of hydrogen-bond acceptors (Lipinski definition) is 2. The van der Waals surface area contributed by atoms with E-state index in [1.54, 1.807) is 0 Å². The van der Waals surface area contributed by atoms with Crippen LogP contribution in [0.4, 0.5) is 8.78 Å². The molecule has 2 rings (SSSR count). The van der Waals surface area contributed by atoms with Gasteiger partial charge >= 0.3 is 0 Å². The van der Waals surface area contributed by atoms with Gasteiger partial charge in [0.25, 0.3) is 0 Å². The van der Waals surface area contributed by atoms with Gasteiger partial charge in [-0.3, -0.25) is 0 Å². The lowest BCUT2D eigenvalue weighted by Crippen LogP contribution is -2.56. The Kier molecular flexibility index (Phi) is 4.99. The Labute approximate surface area is 125 Å². The van der Waals surface area contributed by atoms with E-state index in [9.17, 15) is 13.9 Å². The maximum atomic E-state index is 13.3. The van der Waals surface area contributed by atoms with Crippen LogP contribution in [0.3, 0.4) is 0 Å². The smallest absolute Gasteiger partial charge is 0.126 e. The zero-order chi connectivity index (χ0) is 15.6. The molecule has 0 aromatic heterocycles. The lowest BCUT2D eigenvalue weighted by Gasteiger charge is -2.47. The first kappa shape index (κ1) is 16.4. The van der Waals surface area contributed by atoms with E-state index >= 15 is 0 Å². The van der Waals surface area contributed by atoms with Crippen LogP contribution < -0.4 is 0 Å². The minimum Gasteiger partial charge on any atom is -0.391 e. The molecule has 0 spiro atoms. The number of benzene rings is 1. The van der Waals surface area contributed by atoms with Gasteiger partial charge in [-0.15, -0.1) is 0 Å². The molecule has 1 fully saturated rings. The third kappa shape index (κ3) is 3.61. The summed E-state index contributed by atoms with van der Waals surface area (Å²) in [5, 5.41) is 10.7. The SMILES string of the molecule is CC1CCC(C(O)Cc2cc(F)cc(F)c2)(N(C)C)CC1. The van der Waals surface area contributed by atoms with Crippen molar-refractivity contribution in [3.8, 4) is 0 Å². The molecule has 1 atom stereocenters. The number of halogens is 2. The molecule has 1 saturated carbocycles. The predicted octanol–water partition coefficient (Wildman–Crippen LogP) is 3.38. The number of aliphatic hydroxyl groups is 1. The summed E-state index contributed by atoms with van der Waals surface area (Å²) in [6, 6.07) is 3.47. The number of aliphatic hydroxyl groups excluding tert-OH is 1. The summed E-state index contributed by atoms with van der Waals surface area (Å²) < 4.78 is 26.6. The van der Waals surface area contributed by atoms with Crippen molar-refractivity contribution in [3.05, 3.63) is 35.4 Å². The Morgan fingerprint density at radius 1 is 1.19 bits per heavy atom. The van der Waals surface area contributed by atoms with Crippen LogP contribution in [0.15, 0.2) is 18.2 Å². The van der Waals surface area contributed by atoms with E-state index in [1.807, 2.05) is 14.1 Å². The monoisotopic (exact) mass is 297 g/mol. The Hall–Kier alpha value is -1.00. The second-order valence-electron chi connectivity index (χ2n) is 6.68. The number of likely N-dealkylation sites (N-methyl/N-ethyl adjacent to an activating group) is 1. The highest BCUT2D eigenvalue weighted by molar-refractivity contribution is 5.20. The molecule has 118 valence electrons. The standard InChI is InChI=1S/C17H25F2NO/c1-12-4-6-17(7-5-12,20(2)3)16(21)10-13-8-14(18)11-15(19)9-13/h8-9,11-12,16,21H,4-7,10H2,1-3H3. The highest BCUT2D eigenvalue weighted by atomic mass is 19.1. The lowest BCUT2D eigenvalue weighted by molar-refractivity contribution is -0.0382. The molecule has 1 unspecified atom stereocenters. The van der Waals surface area contributed by atoms with Crippen molar-refractivity contribution in [3.63, 3.8) is 0 Å². The molecule has 21 heavy (non-hydrogen) atoms. The third-order valence-electron chi connectivity index (χ3n) is 5.00. The average Bonchev–Trinajstić information content (AvgIpc) is 2.38. The second kappa shape index (κ2) is 6.41. The summed E-state index contributed by atoms with van der Waals surface area (Å²) in [6.45, 7) is 2.23. The lowest BCUT2D eigenvalue weighted by atomic mass is 9.72. The van der Waals surface area contributed by atoms with Crippen LogP contribution in [0.1, 0.15) is 38.2 Å². The zero-order valence-electron chi connectivity index (χ0n) is 13.1. The highest BCUT2D eigenvalue weighted by Crippen LogP contribution is 2.38. The fraction of sp³-hybridized carbons (Fsp3) is 0.647. The summed E-state index contributed by atoms with van der Waals surface area (Å²) in [7, 11) is 3.96. The van der Waals surface area contributed by atoms with Crippen LogP contribution in [0.25, 0.3) is 0 Å². The summed E-state index contributed by atoms with van der Waals surface area (Å²) in [5.41, 5.74) is 0.217. The van der Waals surface area contributed by atoms with Gasteiger partial charge in [-0.05, 0) is 63.4 Å². The molecular weight excluding hydrogens is 272 g/mol. The van der Waals surface area contributed by atoms with Crippen LogP contribution in [-0.2, 0) is 6.42 Å². The van der Waals surface area contributed by atoms with Gasteiger partial charge < -0.3 is 10.0 Å². The highest BCUT2D eigenvalue weighted by Gasteiger charge is 2.42. The molecule has 0 heterocycles. The van der Waals surface area contributed by atoms with Crippen LogP contribution in [0, 0.1) is 17.6 Å². The predicted molar refractivity (Wildman–Crippen MR) is 80.1 cm³/mol. The van der Waals surface area contributed by atoms with E-state index in [1.165, 1.54) is 12.1 Å². The molecule has 1 aromatic rings. The van der Waals surface area contributed by atoms with Crippen LogP contribution in [0.5, 0.6) is 0 Å². The first-order valence-electron chi connectivity index (χ1n) is 7.64. The van der Waals surface area contributed by atoms with E-state index in [0.717, 1.165) is 31.7 Å². The summed E-state index contributed by atoms with van der Waals surface area (Å²) in [6.07, 6.45) is 3.64. The van der Waals surface area contributed by atoms with Gasteiger partial charge in [-0.25, -0.2) is 8.78 Å². The van der Waals surface area contributed by atoms with Crippen molar-refractivity contribution in [1.29, 1.82) is 0 Å².